The molecule has 2 aliphatic heterocycles. The average Bonchev–Trinajstić information content (AvgIpc) is 3.43. The SMILES string of the molecule is CO[C@H]1C[C@@H](C(=O)N2CC[C@@]3(S(=O)(=O)c4ccc(F)cc4)c4ccc(C(F)(C(F)(F)F)C(F)(F)F)cc4CCC[C@@H]23)N(C)C1=O. The number of halogens is 8. The summed E-state index contributed by atoms with van der Waals surface area (Å²) in [5.41, 5.74) is -7.92. The fourth-order valence-corrected chi connectivity index (χ4v) is 9.38. The van der Waals surface area contributed by atoms with Crippen LogP contribution < -0.4 is 0 Å². The van der Waals surface area contributed by atoms with Gasteiger partial charge in [0.2, 0.25) is 5.91 Å². The van der Waals surface area contributed by atoms with E-state index in [9.17, 15) is 48.7 Å². The van der Waals surface area contributed by atoms with Crippen LogP contribution in [0.2, 0.25) is 0 Å². The third-order valence-electron chi connectivity index (χ3n) is 9.29. The van der Waals surface area contributed by atoms with E-state index in [2.05, 4.69) is 0 Å². The highest BCUT2D eigenvalue weighted by Gasteiger charge is 2.73. The number of carbonyl (C=O) groups is 2. The number of carbonyl (C=O) groups excluding carboxylic acids is 2. The fourth-order valence-electron chi connectivity index (χ4n) is 7.01. The van der Waals surface area contributed by atoms with Crippen molar-refractivity contribution < 1.29 is 57.9 Å². The lowest BCUT2D eigenvalue weighted by Gasteiger charge is -2.39. The zero-order valence-electron chi connectivity index (χ0n) is 23.9. The molecule has 0 aromatic heterocycles. The molecular weight excluding hydrogens is 640 g/mol. The molecule has 0 N–H and O–H groups in total. The van der Waals surface area contributed by atoms with Gasteiger partial charge >= 0.3 is 18.0 Å². The fraction of sp³-hybridized carbons (Fsp3) is 0.517. The average molecular weight is 669 g/mol. The van der Waals surface area contributed by atoms with Gasteiger partial charge in [0.25, 0.3) is 5.91 Å². The summed E-state index contributed by atoms with van der Waals surface area (Å²) in [5, 5.41) is 0. The Morgan fingerprint density at radius 3 is 2.18 bits per heavy atom. The van der Waals surface area contributed by atoms with Crippen molar-refractivity contribution in [3.63, 3.8) is 0 Å². The number of likely N-dealkylation sites (N-methyl/N-ethyl adjacent to an activating group) is 1. The first kappa shape index (κ1) is 33.1. The van der Waals surface area contributed by atoms with Crippen molar-refractivity contribution >= 4 is 21.7 Å². The van der Waals surface area contributed by atoms with Gasteiger partial charge in [-0.2, -0.15) is 26.3 Å². The summed E-state index contributed by atoms with van der Waals surface area (Å²) in [4.78, 5) is 28.6. The molecule has 16 heteroatoms. The maximum Gasteiger partial charge on any atom is 0.435 e. The van der Waals surface area contributed by atoms with Crippen molar-refractivity contribution in [3.05, 3.63) is 65.0 Å². The molecule has 3 aliphatic rings. The van der Waals surface area contributed by atoms with Crippen molar-refractivity contribution in [2.45, 2.75) is 78.0 Å². The van der Waals surface area contributed by atoms with Crippen LogP contribution in [0, 0.1) is 5.82 Å². The first-order valence-corrected chi connectivity index (χ1v) is 15.4. The van der Waals surface area contributed by atoms with E-state index < -0.39 is 78.9 Å². The van der Waals surface area contributed by atoms with Gasteiger partial charge in [0.15, 0.2) is 9.84 Å². The van der Waals surface area contributed by atoms with Crippen molar-refractivity contribution in [1.29, 1.82) is 0 Å². The predicted molar refractivity (Wildman–Crippen MR) is 142 cm³/mol. The Balaban J connectivity index is 1.70. The third-order valence-corrected chi connectivity index (χ3v) is 11.8. The summed E-state index contributed by atoms with van der Waals surface area (Å²) in [6.45, 7) is -0.195. The van der Waals surface area contributed by atoms with E-state index >= 15 is 4.39 Å². The highest BCUT2D eigenvalue weighted by Crippen LogP contribution is 2.56. The van der Waals surface area contributed by atoms with Gasteiger partial charge < -0.3 is 14.5 Å². The second-order valence-corrected chi connectivity index (χ2v) is 13.7. The Bertz CT molecular complexity index is 1600. The minimum Gasteiger partial charge on any atom is -0.372 e. The number of methoxy groups -OCH3 is 1. The quantitative estimate of drug-likeness (QED) is 0.332. The van der Waals surface area contributed by atoms with Crippen LogP contribution in [-0.2, 0) is 41.0 Å². The van der Waals surface area contributed by atoms with Crippen LogP contribution in [0.15, 0.2) is 47.4 Å². The number of likely N-dealkylation sites (tertiary alicyclic amines) is 2. The second-order valence-electron chi connectivity index (χ2n) is 11.5. The minimum absolute atomic E-state index is 0.0169. The molecule has 0 saturated carbocycles. The highest BCUT2D eigenvalue weighted by atomic mass is 32.2. The van der Waals surface area contributed by atoms with Crippen molar-refractivity contribution in [2.75, 3.05) is 20.7 Å². The topological polar surface area (TPSA) is 84.0 Å². The minimum atomic E-state index is -6.38. The van der Waals surface area contributed by atoms with E-state index in [4.69, 9.17) is 4.74 Å². The van der Waals surface area contributed by atoms with Crippen LogP contribution in [0.4, 0.5) is 35.1 Å². The Hall–Kier alpha value is -3.27. The van der Waals surface area contributed by atoms with E-state index in [1.54, 1.807) is 0 Å². The van der Waals surface area contributed by atoms with Crippen molar-refractivity contribution in [2.24, 2.45) is 0 Å². The molecule has 2 amide bonds. The number of rotatable bonds is 5. The van der Waals surface area contributed by atoms with Gasteiger partial charge in [-0.05, 0) is 61.1 Å². The summed E-state index contributed by atoms with van der Waals surface area (Å²) >= 11 is 0. The van der Waals surface area contributed by atoms with Gasteiger partial charge in [-0.1, -0.05) is 18.2 Å². The first-order valence-electron chi connectivity index (χ1n) is 13.9. The van der Waals surface area contributed by atoms with E-state index in [0.717, 1.165) is 30.3 Å². The maximum atomic E-state index is 15.1. The third kappa shape index (κ3) is 4.81. The van der Waals surface area contributed by atoms with Crippen molar-refractivity contribution in [3.8, 4) is 0 Å². The predicted octanol–water partition coefficient (Wildman–Crippen LogP) is 4.97. The normalized spacial score (nSPS) is 26.1. The van der Waals surface area contributed by atoms with Gasteiger partial charge in [0.1, 0.15) is 22.7 Å². The molecule has 7 nitrogen and oxygen atoms in total. The van der Waals surface area contributed by atoms with Gasteiger partial charge in [-0.25, -0.2) is 17.2 Å². The zero-order valence-corrected chi connectivity index (χ0v) is 24.7. The number of nitrogens with zero attached hydrogens (tertiary/aromatic N) is 2. The molecule has 4 atom stereocenters. The van der Waals surface area contributed by atoms with Crippen LogP contribution in [0.5, 0.6) is 0 Å². The number of ether oxygens (including phenoxy) is 1. The Morgan fingerprint density at radius 2 is 1.62 bits per heavy atom. The smallest absolute Gasteiger partial charge is 0.372 e. The molecule has 0 unspecified atom stereocenters. The molecule has 1 aliphatic carbocycles. The molecular formula is C29H28F8N2O5S. The standard InChI is InChI=1S/C29H28F8N2O5S/c1-38-21(15-22(44-2)25(38)41)24(40)39-13-12-26(45(42,43)19-9-7-18(30)8-10-19)20-11-6-17(14-16(20)4-3-5-23(26)39)27(31,28(32,33)34)29(35,36)37/h6-11,14,21-23H,3-5,12-13,15H2,1-2H3/t21-,22-,23+,26+/m0/s1. The van der Waals surface area contributed by atoms with Crippen LogP contribution >= 0.6 is 0 Å². The number of benzene rings is 2. The zero-order chi connectivity index (χ0) is 33.3. The molecule has 2 aromatic rings. The Morgan fingerprint density at radius 1 is 1.00 bits per heavy atom. The Kier molecular flexibility index (Phi) is 8.03. The molecule has 0 bridgehead atoms. The molecule has 2 aromatic carbocycles. The lowest BCUT2D eigenvalue weighted by atomic mass is 9.84. The summed E-state index contributed by atoms with van der Waals surface area (Å²) in [6.07, 6.45) is -14.3. The summed E-state index contributed by atoms with van der Waals surface area (Å²) in [6, 6.07) is 2.95. The van der Waals surface area contributed by atoms with Gasteiger partial charge in [0.05, 0.1) is 10.9 Å². The van der Waals surface area contributed by atoms with E-state index in [-0.39, 0.29) is 55.8 Å². The molecule has 0 radical (unpaired) electrons. The number of fused-ring (bicyclic) bond motifs is 3. The molecule has 2 fully saturated rings. The molecule has 2 saturated heterocycles. The summed E-state index contributed by atoms with van der Waals surface area (Å²) in [7, 11) is -1.98. The van der Waals surface area contributed by atoms with Crippen LogP contribution in [0.3, 0.4) is 0 Å². The number of sulfone groups is 1. The highest BCUT2D eigenvalue weighted by molar-refractivity contribution is 7.92. The summed E-state index contributed by atoms with van der Waals surface area (Å²) in [5.74, 6) is -1.84. The van der Waals surface area contributed by atoms with Gasteiger partial charge in [0, 0.05) is 32.7 Å². The first-order chi connectivity index (χ1) is 20.8. The van der Waals surface area contributed by atoms with Crippen LogP contribution in [0.25, 0.3) is 0 Å². The van der Waals surface area contributed by atoms with Gasteiger partial charge in [-0.3, -0.25) is 9.59 Å². The van der Waals surface area contributed by atoms with E-state index in [1.165, 1.54) is 24.0 Å². The van der Waals surface area contributed by atoms with Crippen LogP contribution in [-0.4, -0.2) is 81.3 Å². The monoisotopic (exact) mass is 668 g/mol. The number of amides is 2. The maximum absolute atomic E-state index is 15.1. The van der Waals surface area contributed by atoms with Crippen LogP contribution in [0.1, 0.15) is 42.4 Å². The largest absolute Gasteiger partial charge is 0.435 e. The number of alkyl halides is 7. The lowest BCUT2D eigenvalue weighted by Crippen LogP contribution is -2.53. The van der Waals surface area contributed by atoms with E-state index in [0.29, 0.717) is 6.07 Å². The van der Waals surface area contributed by atoms with Gasteiger partial charge in [-0.15, -0.1) is 0 Å². The molecule has 0 spiro atoms. The lowest BCUT2D eigenvalue weighted by molar-refractivity contribution is -0.348. The van der Waals surface area contributed by atoms with E-state index in [1.807, 2.05) is 0 Å². The number of hydrogen-bond donors (Lipinski definition) is 0. The van der Waals surface area contributed by atoms with Crippen molar-refractivity contribution in [1.82, 2.24) is 9.80 Å². The number of aryl methyl sites for hydroxylation is 1. The second kappa shape index (κ2) is 10.9. The molecule has 246 valence electrons. The summed E-state index contributed by atoms with van der Waals surface area (Å²) < 4.78 is 143. The Labute approximate surface area is 253 Å². The molecule has 45 heavy (non-hydrogen) atoms. The number of hydrogen-bond acceptors (Lipinski definition) is 5. The molecule has 2 heterocycles. The molecule has 5 rings (SSSR count).